The molecule has 124 valence electrons. The molecule has 0 radical (unpaired) electrons. The maximum atomic E-state index is 4.51. The Labute approximate surface area is 142 Å². The van der Waals surface area contributed by atoms with E-state index in [1.165, 1.54) is 32.2 Å². The van der Waals surface area contributed by atoms with Crippen LogP contribution >= 0.6 is 0 Å². The van der Waals surface area contributed by atoms with Gasteiger partial charge in [-0.15, -0.1) is 5.10 Å². The van der Waals surface area contributed by atoms with E-state index >= 15 is 0 Å². The monoisotopic (exact) mass is 321 g/mol. The van der Waals surface area contributed by atoms with E-state index in [2.05, 4.69) is 32.7 Å². The van der Waals surface area contributed by atoms with Crippen LogP contribution in [0, 0.1) is 5.92 Å². The lowest BCUT2D eigenvalue weighted by Gasteiger charge is -2.12. The van der Waals surface area contributed by atoms with Crippen molar-refractivity contribution in [3.05, 3.63) is 42.7 Å². The van der Waals surface area contributed by atoms with E-state index in [0.717, 1.165) is 41.2 Å². The van der Waals surface area contributed by atoms with Gasteiger partial charge in [0.05, 0.1) is 11.7 Å². The summed E-state index contributed by atoms with van der Waals surface area (Å²) in [7, 11) is 0. The highest BCUT2D eigenvalue weighted by Crippen LogP contribution is 2.22. The van der Waals surface area contributed by atoms with Crippen LogP contribution in [-0.2, 0) is 6.54 Å². The standard InChI is InChI=1S/C19H23N5/c1-2-6-18-16(5-1)12-17(13-21-18)19-14-24(23-22-19)11-8-15-4-3-9-20-10-7-15/h1-2,5-6,12-15,20H,3-4,7-11H2. The number of pyridine rings is 1. The molecule has 1 aliphatic rings. The molecule has 5 heteroatoms. The fraction of sp³-hybridized carbons (Fsp3) is 0.421. The number of rotatable bonds is 4. The van der Waals surface area contributed by atoms with Crippen molar-refractivity contribution >= 4 is 10.9 Å². The molecule has 1 aliphatic heterocycles. The summed E-state index contributed by atoms with van der Waals surface area (Å²) in [6.07, 6.45) is 8.99. The highest BCUT2D eigenvalue weighted by molar-refractivity contribution is 5.82. The number of aryl methyl sites for hydroxylation is 1. The van der Waals surface area contributed by atoms with Crippen molar-refractivity contribution in [1.29, 1.82) is 0 Å². The third-order valence-corrected chi connectivity index (χ3v) is 4.89. The zero-order chi connectivity index (χ0) is 16.2. The van der Waals surface area contributed by atoms with Crippen LogP contribution in [0.15, 0.2) is 42.7 Å². The average Bonchev–Trinajstić information content (AvgIpc) is 2.95. The molecule has 4 rings (SSSR count). The second-order valence-electron chi connectivity index (χ2n) is 6.62. The zero-order valence-corrected chi connectivity index (χ0v) is 13.9. The number of fused-ring (bicyclic) bond motifs is 1. The first kappa shape index (κ1) is 15.3. The first-order valence-electron chi connectivity index (χ1n) is 8.84. The molecule has 1 saturated heterocycles. The minimum Gasteiger partial charge on any atom is -0.317 e. The molecule has 1 atom stereocenters. The zero-order valence-electron chi connectivity index (χ0n) is 13.9. The third-order valence-electron chi connectivity index (χ3n) is 4.89. The number of para-hydroxylation sites is 1. The summed E-state index contributed by atoms with van der Waals surface area (Å²) < 4.78 is 1.98. The molecule has 0 saturated carbocycles. The predicted molar refractivity (Wildman–Crippen MR) is 95.6 cm³/mol. The lowest BCUT2D eigenvalue weighted by molar-refractivity contribution is 0.393. The number of hydrogen-bond acceptors (Lipinski definition) is 4. The molecular weight excluding hydrogens is 298 g/mol. The molecule has 3 aromatic rings. The van der Waals surface area contributed by atoms with Gasteiger partial charge in [-0.05, 0) is 56.8 Å². The smallest absolute Gasteiger partial charge is 0.114 e. The summed E-state index contributed by atoms with van der Waals surface area (Å²) in [5.74, 6) is 0.801. The van der Waals surface area contributed by atoms with E-state index in [1.807, 2.05) is 35.3 Å². The maximum Gasteiger partial charge on any atom is 0.114 e. The molecule has 3 heterocycles. The van der Waals surface area contributed by atoms with Crippen LogP contribution in [0.1, 0.15) is 25.7 Å². The fourth-order valence-electron chi connectivity index (χ4n) is 3.45. The summed E-state index contributed by atoms with van der Waals surface area (Å²) in [4.78, 5) is 4.51. The van der Waals surface area contributed by atoms with E-state index in [-0.39, 0.29) is 0 Å². The molecule has 0 bridgehead atoms. The van der Waals surface area contributed by atoms with Gasteiger partial charge in [0, 0.05) is 23.7 Å². The van der Waals surface area contributed by atoms with E-state index < -0.39 is 0 Å². The Hall–Kier alpha value is -2.27. The molecule has 0 spiro atoms. The van der Waals surface area contributed by atoms with Gasteiger partial charge in [-0.2, -0.15) is 0 Å². The molecule has 2 aromatic heterocycles. The van der Waals surface area contributed by atoms with Crippen LogP contribution < -0.4 is 5.32 Å². The van der Waals surface area contributed by atoms with E-state index in [9.17, 15) is 0 Å². The molecule has 1 fully saturated rings. The second-order valence-corrected chi connectivity index (χ2v) is 6.62. The van der Waals surface area contributed by atoms with Gasteiger partial charge in [0.2, 0.25) is 0 Å². The Morgan fingerprint density at radius 2 is 2.12 bits per heavy atom. The molecule has 5 nitrogen and oxygen atoms in total. The third kappa shape index (κ3) is 3.46. The van der Waals surface area contributed by atoms with E-state index in [1.54, 1.807) is 0 Å². The molecule has 0 amide bonds. The van der Waals surface area contributed by atoms with Crippen LogP contribution in [-0.4, -0.2) is 33.1 Å². The van der Waals surface area contributed by atoms with Crippen molar-refractivity contribution in [2.45, 2.75) is 32.2 Å². The van der Waals surface area contributed by atoms with E-state index in [4.69, 9.17) is 0 Å². The molecular formula is C19H23N5. The van der Waals surface area contributed by atoms with Crippen LogP contribution in [0.5, 0.6) is 0 Å². The Morgan fingerprint density at radius 3 is 3.12 bits per heavy atom. The van der Waals surface area contributed by atoms with Crippen molar-refractivity contribution in [2.75, 3.05) is 13.1 Å². The summed E-state index contributed by atoms with van der Waals surface area (Å²) in [5.41, 5.74) is 2.94. The number of nitrogens with zero attached hydrogens (tertiary/aromatic N) is 4. The summed E-state index contributed by atoms with van der Waals surface area (Å²) in [6, 6.07) is 10.3. The van der Waals surface area contributed by atoms with E-state index in [0.29, 0.717) is 0 Å². The van der Waals surface area contributed by atoms with Crippen molar-refractivity contribution in [3.8, 4) is 11.3 Å². The molecule has 24 heavy (non-hydrogen) atoms. The van der Waals surface area contributed by atoms with Gasteiger partial charge in [0.1, 0.15) is 5.69 Å². The van der Waals surface area contributed by atoms with Crippen LogP contribution in [0.25, 0.3) is 22.2 Å². The van der Waals surface area contributed by atoms with Crippen molar-refractivity contribution in [1.82, 2.24) is 25.3 Å². The Kier molecular flexibility index (Phi) is 4.51. The average molecular weight is 321 g/mol. The highest BCUT2D eigenvalue weighted by atomic mass is 15.4. The highest BCUT2D eigenvalue weighted by Gasteiger charge is 2.12. The summed E-state index contributed by atoms with van der Waals surface area (Å²) >= 11 is 0. The normalized spacial score (nSPS) is 18.6. The Morgan fingerprint density at radius 1 is 1.17 bits per heavy atom. The maximum absolute atomic E-state index is 4.51. The minimum absolute atomic E-state index is 0.801. The van der Waals surface area contributed by atoms with Crippen molar-refractivity contribution in [3.63, 3.8) is 0 Å². The number of aromatic nitrogens is 4. The van der Waals surface area contributed by atoms with Gasteiger partial charge >= 0.3 is 0 Å². The van der Waals surface area contributed by atoms with Crippen molar-refractivity contribution < 1.29 is 0 Å². The molecule has 0 aliphatic carbocycles. The first-order valence-corrected chi connectivity index (χ1v) is 8.84. The first-order chi connectivity index (χ1) is 11.9. The van der Waals surface area contributed by atoms with Gasteiger partial charge in [-0.1, -0.05) is 23.4 Å². The van der Waals surface area contributed by atoms with Crippen LogP contribution in [0.4, 0.5) is 0 Å². The van der Waals surface area contributed by atoms with Crippen LogP contribution in [0.2, 0.25) is 0 Å². The largest absolute Gasteiger partial charge is 0.317 e. The Balaban J connectivity index is 1.45. The van der Waals surface area contributed by atoms with Crippen LogP contribution in [0.3, 0.4) is 0 Å². The number of benzene rings is 1. The van der Waals surface area contributed by atoms with Gasteiger partial charge in [-0.3, -0.25) is 9.67 Å². The molecule has 1 unspecified atom stereocenters. The molecule has 1 aromatic carbocycles. The summed E-state index contributed by atoms with van der Waals surface area (Å²) in [5, 5.41) is 13.2. The fourth-order valence-corrected chi connectivity index (χ4v) is 3.45. The topological polar surface area (TPSA) is 55.6 Å². The minimum atomic E-state index is 0.801. The van der Waals surface area contributed by atoms with Crippen molar-refractivity contribution in [2.24, 2.45) is 5.92 Å². The van der Waals surface area contributed by atoms with Gasteiger partial charge in [0.15, 0.2) is 0 Å². The van der Waals surface area contributed by atoms with Gasteiger partial charge < -0.3 is 5.32 Å². The second kappa shape index (κ2) is 7.09. The quantitative estimate of drug-likeness (QED) is 0.801. The molecule has 1 N–H and O–H groups in total. The summed E-state index contributed by atoms with van der Waals surface area (Å²) in [6.45, 7) is 3.26. The predicted octanol–water partition coefficient (Wildman–Crippen LogP) is 3.27. The number of nitrogens with one attached hydrogen (secondary N) is 1. The lowest BCUT2D eigenvalue weighted by Crippen LogP contribution is -2.14. The van der Waals surface area contributed by atoms with Gasteiger partial charge in [0.25, 0.3) is 0 Å². The number of hydrogen-bond donors (Lipinski definition) is 1. The SMILES string of the molecule is c1ccc2ncc(-c3cn(CCC4CCCNCC4)nn3)cc2c1. The van der Waals surface area contributed by atoms with Gasteiger partial charge in [-0.25, -0.2) is 0 Å². The Bertz CT molecular complexity index is 802. The lowest BCUT2D eigenvalue weighted by atomic mass is 9.97.